The van der Waals surface area contributed by atoms with Gasteiger partial charge in [0.25, 0.3) is 5.91 Å². The van der Waals surface area contributed by atoms with Crippen molar-refractivity contribution in [3.05, 3.63) is 65.5 Å². The summed E-state index contributed by atoms with van der Waals surface area (Å²) in [5.41, 5.74) is 1.96. The highest BCUT2D eigenvalue weighted by atomic mass is 32.2. The van der Waals surface area contributed by atoms with Gasteiger partial charge in [-0.3, -0.25) is 9.78 Å². The molecule has 124 valence electrons. The summed E-state index contributed by atoms with van der Waals surface area (Å²) in [4.78, 5) is 19.7. The Morgan fingerprint density at radius 1 is 1.17 bits per heavy atom. The van der Waals surface area contributed by atoms with E-state index < -0.39 is 16.1 Å². The Hall–Kier alpha value is -2.38. The summed E-state index contributed by atoms with van der Waals surface area (Å²) in [5, 5.41) is 0. The van der Waals surface area contributed by atoms with E-state index in [4.69, 9.17) is 0 Å². The first kappa shape index (κ1) is 16.5. The fraction of sp³-hybridized carbons (Fsp3) is 0.235. The molecule has 0 radical (unpaired) electrons. The van der Waals surface area contributed by atoms with Gasteiger partial charge in [-0.15, -0.1) is 0 Å². The summed E-state index contributed by atoms with van der Waals surface area (Å²) < 4.78 is 26.6. The monoisotopic (exact) mass is 343 g/mol. The van der Waals surface area contributed by atoms with Gasteiger partial charge in [0.1, 0.15) is 0 Å². The molecule has 1 unspecified atom stereocenters. The van der Waals surface area contributed by atoms with Gasteiger partial charge >= 0.3 is 0 Å². The van der Waals surface area contributed by atoms with Gasteiger partial charge in [0, 0.05) is 31.2 Å². The van der Waals surface area contributed by atoms with Crippen molar-refractivity contribution in [1.82, 2.24) is 9.29 Å². The van der Waals surface area contributed by atoms with E-state index in [1.807, 2.05) is 6.07 Å². The molecule has 1 atom stereocenters. The normalized spacial score (nSPS) is 17.1. The lowest BCUT2D eigenvalue weighted by Crippen LogP contribution is -2.36. The second-order valence-electron chi connectivity index (χ2n) is 5.56. The van der Waals surface area contributed by atoms with Gasteiger partial charge in [-0.1, -0.05) is 24.3 Å². The highest BCUT2D eigenvalue weighted by Gasteiger charge is 2.31. The van der Waals surface area contributed by atoms with Gasteiger partial charge in [0.15, 0.2) is 0 Å². The lowest BCUT2D eigenvalue weighted by Gasteiger charge is -2.28. The van der Waals surface area contributed by atoms with E-state index in [0.29, 0.717) is 17.5 Å². The van der Waals surface area contributed by atoms with Gasteiger partial charge in [-0.2, -0.15) is 4.31 Å². The Morgan fingerprint density at radius 3 is 2.71 bits per heavy atom. The van der Waals surface area contributed by atoms with Gasteiger partial charge in [-0.25, -0.2) is 13.4 Å². The molecular weight excluding hydrogens is 326 g/mol. The van der Waals surface area contributed by atoms with E-state index in [-0.39, 0.29) is 11.7 Å². The molecule has 24 heavy (non-hydrogen) atoms. The fourth-order valence-corrected chi connectivity index (χ4v) is 3.93. The molecule has 1 aliphatic heterocycles. The minimum absolute atomic E-state index is 0.0321. The second kappa shape index (κ2) is 6.62. The van der Waals surface area contributed by atoms with Crippen LogP contribution in [0, 0.1) is 0 Å². The zero-order chi connectivity index (χ0) is 17.2. The third kappa shape index (κ3) is 3.27. The highest BCUT2D eigenvalue weighted by molar-refractivity contribution is 7.89. The van der Waals surface area contributed by atoms with Crippen LogP contribution in [0.25, 0.3) is 0 Å². The Kier molecular flexibility index (Phi) is 4.55. The molecule has 7 heteroatoms. The van der Waals surface area contributed by atoms with Crippen molar-refractivity contribution < 1.29 is 13.2 Å². The van der Waals surface area contributed by atoms with Crippen LogP contribution in [0.2, 0.25) is 0 Å². The van der Waals surface area contributed by atoms with Crippen molar-refractivity contribution in [3.8, 4) is 0 Å². The van der Waals surface area contributed by atoms with Gasteiger partial charge in [-0.05, 0) is 29.7 Å². The van der Waals surface area contributed by atoms with Crippen LogP contribution in [0.5, 0.6) is 0 Å². The lowest BCUT2D eigenvalue weighted by atomic mass is 9.98. The zero-order valence-corrected chi connectivity index (χ0v) is 14.0. The van der Waals surface area contributed by atoms with Crippen molar-refractivity contribution in [2.75, 3.05) is 12.8 Å². The van der Waals surface area contributed by atoms with Gasteiger partial charge in [0.2, 0.25) is 10.0 Å². The molecule has 0 N–H and O–H groups in total. The summed E-state index contributed by atoms with van der Waals surface area (Å²) in [6, 6.07) is 10.0. The second-order valence-corrected chi connectivity index (χ2v) is 7.71. The number of hydrogen-bond acceptors (Lipinski definition) is 4. The van der Waals surface area contributed by atoms with Crippen molar-refractivity contribution in [2.24, 2.45) is 4.99 Å². The molecule has 0 saturated heterocycles. The number of amides is 1. The predicted molar refractivity (Wildman–Crippen MR) is 91.5 cm³/mol. The van der Waals surface area contributed by atoms with Crippen LogP contribution in [0.1, 0.15) is 27.5 Å². The summed E-state index contributed by atoms with van der Waals surface area (Å²) in [6.45, 7) is 0. The molecule has 0 spiro atoms. The highest BCUT2D eigenvalue weighted by Crippen LogP contribution is 2.28. The minimum Gasteiger partial charge on any atom is -0.267 e. The van der Waals surface area contributed by atoms with Crippen LogP contribution < -0.4 is 0 Å². The Bertz CT molecular complexity index is 879. The summed E-state index contributed by atoms with van der Waals surface area (Å²) in [7, 11) is -2.00. The first-order valence-electron chi connectivity index (χ1n) is 7.51. The molecule has 2 aromatic rings. The van der Waals surface area contributed by atoms with E-state index in [0.717, 1.165) is 5.56 Å². The standard InChI is InChI=1S/C17H17N3O3S/c1-20(24(22,23)10-8-13-5-4-9-18-11-13)16-12-19-17(21)15-7-3-2-6-14(15)16/h2-7,9,11-12,16H,8,10H2,1H3. The number of hydrogen-bond donors (Lipinski definition) is 0. The number of rotatable bonds is 5. The number of pyridine rings is 1. The van der Waals surface area contributed by atoms with Crippen LogP contribution in [0.15, 0.2) is 53.8 Å². The van der Waals surface area contributed by atoms with E-state index >= 15 is 0 Å². The number of fused-ring (bicyclic) bond motifs is 1. The summed E-state index contributed by atoms with van der Waals surface area (Å²) in [6.07, 6.45) is 5.08. The molecule has 1 amide bonds. The Labute approximate surface area is 140 Å². The molecule has 0 bridgehead atoms. The number of nitrogens with zero attached hydrogens (tertiary/aromatic N) is 3. The third-order valence-corrected chi connectivity index (χ3v) is 5.87. The van der Waals surface area contributed by atoms with Crippen LogP contribution >= 0.6 is 0 Å². The number of aromatic nitrogens is 1. The van der Waals surface area contributed by atoms with Crippen LogP contribution in [0.3, 0.4) is 0 Å². The molecule has 1 aromatic carbocycles. The maximum Gasteiger partial charge on any atom is 0.277 e. The average molecular weight is 343 g/mol. The van der Waals surface area contributed by atoms with Crippen molar-refractivity contribution in [3.63, 3.8) is 0 Å². The number of carbonyl (C=O) groups excluding carboxylic acids is 1. The number of sulfonamides is 1. The zero-order valence-electron chi connectivity index (χ0n) is 13.2. The van der Waals surface area contributed by atoms with Crippen molar-refractivity contribution in [2.45, 2.75) is 12.5 Å². The van der Waals surface area contributed by atoms with E-state index in [9.17, 15) is 13.2 Å². The first-order chi connectivity index (χ1) is 11.5. The Morgan fingerprint density at radius 2 is 1.96 bits per heavy atom. The van der Waals surface area contributed by atoms with E-state index in [1.165, 1.54) is 17.6 Å². The van der Waals surface area contributed by atoms with Crippen molar-refractivity contribution >= 4 is 22.1 Å². The number of carbonyl (C=O) groups is 1. The number of benzene rings is 1. The maximum atomic E-state index is 12.7. The molecule has 6 nitrogen and oxygen atoms in total. The topological polar surface area (TPSA) is 79.7 Å². The molecule has 0 saturated carbocycles. The quantitative estimate of drug-likeness (QED) is 0.830. The van der Waals surface area contributed by atoms with Crippen LogP contribution in [-0.2, 0) is 16.4 Å². The minimum atomic E-state index is -3.52. The van der Waals surface area contributed by atoms with E-state index in [1.54, 1.807) is 42.7 Å². The molecule has 2 heterocycles. The molecule has 3 rings (SSSR count). The van der Waals surface area contributed by atoms with Gasteiger partial charge in [0.05, 0.1) is 11.8 Å². The predicted octanol–water partition coefficient (Wildman–Crippen LogP) is 1.85. The van der Waals surface area contributed by atoms with Crippen molar-refractivity contribution in [1.29, 1.82) is 0 Å². The molecule has 1 aromatic heterocycles. The maximum absolute atomic E-state index is 12.7. The number of aliphatic imine (C=N–C) groups is 1. The Balaban J connectivity index is 1.81. The fourth-order valence-electron chi connectivity index (χ4n) is 2.64. The average Bonchev–Trinajstić information content (AvgIpc) is 2.61. The molecule has 0 fully saturated rings. The van der Waals surface area contributed by atoms with E-state index in [2.05, 4.69) is 9.98 Å². The van der Waals surface area contributed by atoms with Gasteiger partial charge < -0.3 is 0 Å². The van der Waals surface area contributed by atoms with Crippen LogP contribution in [0.4, 0.5) is 0 Å². The third-order valence-electron chi connectivity index (χ3n) is 4.04. The number of aryl methyl sites for hydroxylation is 1. The summed E-state index contributed by atoms with van der Waals surface area (Å²) in [5.74, 6) is -0.377. The van der Waals surface area contributed by atoms with Crippen LogP contribution in [-0.4, -0.2) is 42.6 Å². The largest absolute Gasteiger partial charge is 0.277 e. The first-order valence-corrected chi connectivity index (χ1v) is 9.12. The molecular formula is C17H17N3O3S. The molecule has 0 aliphatic carbocycles. The SMILES string of the molecule is CN(C1C=NC(=O)c2ccccc21)S(=O)(=O)CCc1cccnc1. The lowest BCUT2D eigenvalue weighted by molar-refractivity contribution is 0.0998. The summed E-state index contributed by atoms with van der Waals surface area (Å²) >= 11 is 0. The molecule has 1 aliphatic rings. The smallest absolute Gasteiger partial charge is 0.267 e.